The van der Waals surface area contributed by atoms with E-state index in [0.717, 1.165) is 16.9 Å². The van der Waals surface area contributed by atoms with Crippen LogP contribution in [0.25, 0.3) is 11.0 Å². The highest BCUT2D eigenvalue weighted by Gasteiger charge is 2.15. The normalized spacial score (nSPS) is 10.9. The van der Waals surface area contributed by atoms with E-state index in [2.05, 4.69) is 16.8 Å². The van der Waals surface area contributed by atoms with Crippen LogP contribution in [0.5, 0.6) is 5.75 Å². The summed E-state index contributed by atoms with van der Waals surface area (Å²) in [5, 5.41) is 4.99. The lowest BCUT2D eigenvalue weighted by Crippen LogP contribution is -2.20. The van der Waals surface area contributed by atoms with Gasteiger partial charge in [0, 0.05) is 11.3 Å². The van der Waals surface area contributed by atoms with E-state index in [1.165, 1.54) is 4.88 Å². The molecule has 0 fully saturated rings. The number of methoxy groups -OCH3 is 1. The van der Waals surface area contributed by atoms with Crippen molar-refractivity contribution >= 4 is 34.0 Å². The third kappa shape index (κ3) is 3.71. The first-order valence-electron chi connectivity index (χ1n) is 8.64. The van der Waals surface area contributed by atoms with Crippen molar-refractivity contribution in [2.24, 2.45) is 0 Å². The Morgan fingerprint density at radius 1 is 1.11 bits per heavy atom. The van der Waals surface area contributed by atoms with Crippen LogP contribution in [0.4, 0.5) is 5.69 Å². The zero-order valence-electron chi connectivity index (χ0n) is 14.9. The molecule has 1 N–H and O–H groups in total. The molecule has 0 aliphatic rings. The number of rotatable bonds is 6. The lowest BCUT2D eigenvalue weighted by Gasteiger charge is -2.12. The Labute approximate surface area is 161 Å². The van der Waals surface area contributed by atoms with E-state index >= 15 is 0 Å². The molecule has 4 rings (SSSR count). The summed E-state index contributed by atoms with van der Waals surface area (Å²) in [6.07, 6.45) is 0.703. The number of hydrogen-bond acceptors (Lipinski definition) is 4. The lowest BCUT2D eigenvalue weighted by atomic mass is 10.3. The maximum absolute atomic E-state index is 12.7. The van der Waals surface area contributed by atoms with Crippen LogP contribution in [0.3, 0.4) is 0 Å². The van der Waals surface area contributed by atoms with Gasteiger partial charge in [0.05, 0.1) is 23.8 Å². The number of hydrogen-bond donors (Lipinski definition) is 1. The third-order valence-electron chi connectivity index (χ3n) is 4.33. The van der Waals surface area contributed by atoms with E-state index in [0.29, 0.717) is 17.9 Å². The van der Waals surface area contributed by atoms with Crippen molar-refractivity contribution in [3.8, 4) is 5.75 Å². The number of carbonyl (C=O) groups excluding carboxylic acids is 1. The van der Waals surface area contributed by atoms with Crippen LogP contribution in [0, 0.1) is 0 Å². The molecule has 5 nitrogen and oxygen atoms in total. The summed E-state index contributed by atoms with van der Waals surface area (Å²) in [5.74, 6) is 1.41. The van der Waals surface area contributed by atoms with Crippen LogP contribution in [-0.2, 0) is 17.8 Å². The van der Waals surface area contributed by atoms with E-state index in [1.54, 1.807) is 18.4 Å². The molecule has 1 amide bonds. The lowest BCUT2D eigenvalue weighted by molar-refractivity contribution is -0.116. The molecule has 0 aliphatic carbocycles. The zero-order chi connectivity index (χ0) is 18.6. The zero-order valence-corrected chi connectivity index (χ0v) is 15.7. The van der Waals surface area contributed by atoms with Gasteiger partial charge in [-0.1, -0.05) is 30.3 Å². The fourth-order valence-electron chi connectivity index (χ4n) is 3.09. The van der Waals surface area contributed by atoms with Crippen molar-refractivity contribution in [1.29, 1.82) is 0 Å². The largest absolute Gasteiger partial charge is 0.495 e. The molecule has 136 valence electrons. The Hall–Kier alpha value is -3.12. The van der Waals surface area contributed by atoms with Gasteiger partial charge in [0.15, 0.2) is 0 Å². The van der Waals surface area contributed by atoms with Gasteiger partial charge < -0.3 is 14.6 Å². The summed E-state index contributed by atoms with van der Waals surface area (Å²) in [5.41, 5.74) is 2.52. The highest BCUT2D eigenvalue weighted by molar-refractivity contribution is 7.09. The van der Waals surface area contributed by atoms with Gasteiger partial charge in [0.25, 0.3) is 0 Å². The fraction of sp³-hybridized carbons (Fsp3) is 0.143. The number of fused-ring (bicyclic) bond motifs is 1. The molecule has 2 heterocycles. The number of para-hydroxylation sites is 4. The first-order chi connectivity index (χ1) is 13.2. The topological polar surface area (TPSA) is 56.1 Å². The van der Waals surface area contributed by atoms with Crippen LogP contribution in [0.1, 0.15) is 10.7 Å². The number of carbonyl (C=O) groups is 1. The molecule has 0 bridgehead atoms. The maximum Gasteiger partial charge on any atom is 0.244 e. The van der Waals surface area contributed by atoms with Crippen molar-refractivity contribution in [3.63, 3.8) is 0 Å². The molecule has 0 aliphatic heterocycles. The number of ether oxygens (including phenoxy) is 1. The second-order valence-electron chi connectivity index (χ2n) is 6.11. The highest BCUT2D eigenvalue weighted by Crippen LogP contribution is 2.24. The molecule has 0 atom stereocenters. The second-order valence-corrected chi connectivity index (χ2v) is 7.14. The Balaban J connectivity index is 1.63. The molecule has 6 heteroatoms. The van der Waals surface area contributed by atoms with Crippen molar-refractivity contribution in [3.05, 3.63) is 76.7 Å². The Morgan fingerprint density at radius 3 is 2.74 bits per heavy atom. The monoisotopic (exact) mass is 377 g/mol. The number of imidazole rings is 1. The van der Waals surface area contributed by atoms with Crippen molar-refractivity contribution in [2.75, 3.05) is 12.4 Å². The molecule has 2 aromatic heterocycles. The van der Waals surface area contributed by atoms with Gasteiger partial charge in [-0.3, -0.25) is 4.79 Å². The van der Waals surface area contributed by atoms with Crippen LogP contribution < -0.4 is 10.1 Å². The van der Waals surface area contributed by atoms with Crippen molar-refractivity contribution in [2.45, 2.75) is 13.0 Å². The molecule has 0 saturated heterocycles. The van der Waals surface area contributed by atoms with Crippen molar-refractivity contribution in [1.82, 2.24) is 9.55 Å². The smallest absolute Gasteiger partial charge is 0.244 e. The van der Waals surface area contributed by atoms with Gasteiger partial charge in [0.2, 0.25) is 5.91 Å². The first kappa shape index (κ1) is 17.3. The second kappa shape index (κ2) is 7.63. The number of thiophene rings is 1. The number of anilines is 1. The molecular formula is C21H19N3O2S. The minimum absolute atomic E-state index is 0.116. The summed E-state index contributed by atoms with van der Waals surface area (Å²) in [7, 11) is 1.59. The molecule has 2 aromatic carbocycles. The first-order valence-corrected chi connectivity index (χ1v) is 9.52. The van der Waals surface area contributed by atoms with Crippen LogP contribution in [0.15, 0.2) is 66.0 Å². The average Bonchev–Trinajstić information content (AvgIpc) is 3.31. The highest BCUT2D eigenvalue weighted by atomic mass is 32.1. The van der Waals surface area contributed by atoms with Gasteiger partial charge in [-0.05, 0) is 35.7 Å². The van der Waals surface area contributed by atoms with Crippen LogP contribution in [0.2, 0.25) is 0 Å². The van der Waals surface area contributed by atoms with Gasteiger partial charge in [0.1, 0.15) is 18.1 Å². The summed E-state index contributed by atoms with van der Waals surface area (Å²) < 4.78 is 7.30. The molecule has 27 heavy (non-hydrogen) atoms. The summed E-state index contributed by atoms with van der Waals surface area (Å²) in [6.45, 7) is 0.194. The Bertz CT molecular complexity index is 1070. The van der Waals surface area contributed by atoms with Gasteiger partial charge >= 0.3 is 0 Å². The van der Waals surface area contributed by atoms with Gasteiger partial charge in [-0.15, -0.1) is 11.3 Å². The molecule has 0 saturated carbocycles. The number of aromatic nitrogens is 2. The maximum atomic E-state index is 12.7. The molecular weight excluding hydrogens is 358 g/mol. The molecule has 0 unspecified atom stereocenters. The van der Waals surface area contributed by atoms with Gasteiger partial charge in [-0.2, -0.15) is 0 Å². The summed E-state index contributed by atoms with van der Waals surface area (Å²) >= 11 is 1.69. The summed E-state index contributed by atoms with van der Waals surface area (Å²) in [4.78, 5) is 18.7. The predicted molar refractivity (Wildman–Crippen MR) is 108 cm³/mol. The SMILES string of the molecule is COc1ccccc1NC(=O)Cn1c(Cc2cccs2)nc2ccccc21. The van der Waals surface area contributed by atoms with Crippen LogP contribution >= 0.6 is 11.3 Å². The Kier molecular flexibility index (Phi) is 4.89. The predicted octanol–water partition coefficient (Wildman–Crippen LogP) is 4.34. The molecule has 0 spiro atoms. The molecule has 4 aromatic rings. The number of nitrogens with one attached hydrogen (secondary N) is 1. The number of nitrogens with zero attached hydrogens (tertiary/aromatic N) is 2. The minimum Gasteiger partial charge on any atom is -0.495 e. The fourth-order valence-corrected chi connectivity index (χ4v) is 3.79. The number of benzene rings is 2. The average molecular weight is 377 g/mol. The van der Waals surface area contributed by atoms with Crippen LogP contribution in [-0.4, -0.2) is 22.6 Å². The van der Waals surface area contributed by atoms with Crippen molar-refractivity contribution < 1.29 is 9.53 Å². The van der Waals surface area contributed by atoms with E-state index in [9.17, 15) is 4.79 Å². The Morgan fingerprint density at radius 2 is 1.93 bits per heavy atom. The quantitative estimate of drug-likeness (QED) is 0.544. The number of amides is 1. The third-order valence-corrected chi connectivity index (χ3v) is 5.21. The van der Waals surface area contributed by atoms with E-state index in [-0.39, 0.29) is 12.5 Å². The van der Waals surface area contributed by atoms with E-state index in [1.807, 2.05) is 59.2 Å². The van der Waals surface area contributed by atoms with Gasteiger partial charge in [-0.25, -0.2) is 4.98 Å². The van der Waals surface area contributed by atoms with E-state index in [4.69, 9.17) is 9.72 Å². The molecule has 0 radical (unpaired) electrons. The summed E-state index contributed by atoms with van der Waals surface area (Å²) in [6, 6.07) is 19.4. The van der Waals surface area contributed by atoms with E-state index < -0.39 is 0 Å². The minimum atomic E-state index is -0.116. The standard InChI is InChI=1S/C21H19N3O2S/c1-26-19-11-5-3-9-17(19)23-21(25)14-24-18-10-4-2-8-16(18)22-20(24)13-15-7-6-12-27-15/h2-12H,13-14H2,1H3,(H,23,25).